The van der Waals surface area contributed by atoms with E-state index < -0.39 is 11.6 Å². The Morgan fingerprint density at radius 3 is 2.50 bits per heavy atom. The van der Waals surface area contributed by atoms with Crippen LogP contribution < -0.4 is 10.6 Å². The van der Waals surface area contributed by atoms with Crippen molar-refractivity contribution >= 4 is 11.6 Å². The van der Waals surface area contributed by atoms with Crippen molar-refractivity contribution in [3.05, 3.63) is 65.2 Å². The van der Waals surface area contributed by atoms with E-state index in [0.29, 0.717) is 13.1 Å². The van der Waals surface area contributed by atoms with Gasteiger partial charge in [0, 0.05) is 25.6 Å². The molecular formula is C17H18F2N2O. The first-order valence-electron chi connectivity index (χ1n) is 7.06. The lowest BCUT2D eigenvalue weighted by atomic mass is 10.1. The lowest BCUT2D eigenvalue weighted by Gasteiger charge is -2.08. The highest BCUT2D eigenvalue weighted by Gasteiger charge is 2.07. The van der Waals surface area contributed by atoms with Gasteiger partial charge in [0.25, 0.3) is 0 Å². The Labute approximate surface area is 128 Å². The van der Waals surface area contributed by atoms with Gasteiger partial charge in [-0.05, 0) is 24.6 Å². The van der Waals surface area contributed by atoms with E-state index in [1.807, 2.05) is 31.2 Å². The molecule has 0 fully saturated rings. The van der Waals surface area contributed by atoms with E-state index in [-0.39, 0.29) is 18.0 Å². The van der Waals surface area contributed by atoms with Crippen molar-refractivity contribution < 1.29 is 13.6 Å². The number of hydrogen-bond acceptors (Lipinski definition) is 2. The summed E-state index contributed by atoms with van der Waals surface area (Å²) in [6.45, 7) is 3.16. The first-order valence-corrected chi connectivity index (χ1v) is 7.06. The lowest BCUT2D eigenvalue weighted by Crippen LogP contribution is -2.21. The molecule has 0 spiro atoms. The molecule has 0 saturated carbocycles. The molecule has 0 aliphatic heterocycles. The van der Waals surface area contributed by atoms with E-state index in [1.54, 1.807) is 0 Å². The van der Waals surface area contributed by atoms with Crippen molar-refractivity contribution in [2.45, 2.75) is 19.9 Å². The van der Waals surface area contributed by atoms with Crippen LogP contribution in [0.25, 0.3) is 0 Å². The van der Waals surface area contributed by atoms with Gasteiger partial charge < -0.3 is 10.6 Å². The number of hydrogen-bond donors (Lipinski definition) is 2. The number of halogens is 2. The molecule has 0 aliphatic carbocycles. The summed E-state index contributed by atoms with van der Waals surface area (Å²) in [6, 6.07) is 11.2. The molecule has 2 rings (SSSR count). The van der Waals surface area contributed by atoms with Crippen LogP contribution in [0.3, 0.4) is 0 Å². The Bertz CT molecular complexity index is 642. The van der Waals surface area contributed by atoms with Crippen molar-refractivity contribution in [2.24, 2.45) is 0 Å². The minimum absolute atomic E-state index is 0.00932. The maximum Gasteiger partial charge on any atom is 0.225 e. The van der Waals surface area contributed by atoms with Crippen molar-refractivity contribution in [1.82, 2.24) is 5.32 Å². The van der Waals surface area contributed by atoms with Crippen molar-refractivity contribution in [2.75, 3.05) is 11.9 Å². The molecule has 0 bridgehead atoms. The standard InChI is InChI=1S/C17H18F2N2O/c1-12-2-4-13(5-3-12)11-20-9-8-17(22)21-16-7-6-14(18)10-15(16)19/h2-7,10,20H,8-9,11H2,1H3,(H,21,22). The quantitative estimate of drug-likeness (QED) is 0.803. The Hall–Kier alpha value is -2.27. The third-order valence-electron chi connectivity index (χ3n) is 3.18. The first-order chi connectivity index (χ1) is 10.5. The second-order valence-electron chi connectivity index (χ2n) is 5.08. The van der Waals surface area contributed by atoms with Crippen LogP contribution in [0, 0.1) is 18.6 Å². The maximum absolute atomic E-state index is 13.4. The Morgan fingerprint density at radius 1 is 1.09 bits per heavy atom. The number of carbonyl (C=O) groups excluding carboxylic acids is 1. The average molecular weight is 304 g/mol. The van der Waals surface area contributed by atoms with Gasteiger partial charge in [-0.15, -0.1) is 0 Å². The predicted octanol–water partition coefficient (Wildman–Crippen LogP) is 3.39. The zero-order chi connectivity index (χ0) is 15.9. The molecule has 22 heavy (non-hydrogen) atoms. The minimum atomic E-state index is -0.777. The number of amides is 1. The number of benzene rings is 2. The second kappa shape index (κ2) is 7.66. The summed E-state index contributed by atoms with van der Waals surface area (Å²) in [6.07, 6.45) is 0.211. The summed E-state index contributed by atoms with van der Waals surface area (Å²) in [7, 11) is 0. The third-order valence-corrected chi connectivity index (χ3v) is 3.18. The van der Waals surface area contributed by atoms with Gasteiger partial charge in [-0.1, -0.05) is 29.8 Å². The summed E-state index contributed by atoms with van der Waals surface area (Å²) in [5.41, 5.74) is 2.32. The molecule has 116 valence electrons. The molecule has 0 aromatic heterocycles. The highest BCUT2D eigenvalue weighted by Crippen LogP contribution is 2.14. The molecule has 1 amide bonds. The maximum atomic E-state index is 13.4. The van der Waals surface area contributed by atoms with Crippen molar-refractivity contribution in [3.8, 4) is 0 Å². The van der Waals surface area contributed by atoms with Gasteiger partial charge in [0.05, 0.1) is 5.69 Å². The fourth-order valence-electron chi connectivity index (χ4n) is 1.94. The normalized spacial score (nSPS) is 10.5. The van der Waals surface area contributed by atoms with Crippen LogP contribution in [0.1, 0.15) is 17.5 Å². The molecule has 0 unspecified atom stereocenters. The Kier molecular flexibility index (Phi) is 5.61. The molecule has 5 heteroatoms. The topological polar surface area (TPSA) is 41.1 Å². The van der Waals surface area contributed by atoms with Crippen LogP contribution in [0.15, 0.2) is 42.5 Å². The molecule has 0 aliphatic rings. The van der Waals surface area contributed by atoms with Crippen LogP contribution >= 0.6 is 0 Å². The van der Waals surface area contributed by atoms with Gasteiger partial charge >= 0.3 is 0 Å². The summed E-state index contributed by atoms with van der Waals surface area (Å²) in [5.74, 6) is -1.77. The van der Waals surface area contributed by atoms with E-state index in [9.17, 15) is 13.6 Å². The van der Waals surface area contributed by atoms with Gasteiger partial charge in [0.15, 0.2) is 0 Å². The molecule has 0 atom stereocenters. The van der Waals surface area contributed by atoms with Crippen LogP contribution in [0.5, 0.6) is 0 Å². The molecular weight excluding hydrogens is 286 g/mol. The first kappa shape index (κ1) is 16.1. The van der Waals surface area contributed by atoms with E-state index in [0.717, 1.165) is 17.7 Å². The monoisotopic (exact) mass is 304 g/mol. The molecule has 2 aromatic carbocycles. The predicted molar refractivity (Wildman–Crippen MR) is 82.5 cm³/mol. The van der Waals surface area contributed by atoms with Gasteiger partial charge in [-0.2, -0.15) is 0 Å². The van der Waals surface area contributed by atoms with Crippen molar-refractivity contribution in [1.29, 1.82) is 0 Å². The second-order valence-corrected chi connectivity index (χ2v) is 5.08. The van der Waals surface area contributed by atoms with Gasteiger partial charge in [-0.25, -0.2) is 8.78 Å². The van der Waals surface area contributed by atoms with Gasteiger partial charge in [0.1, 0.15) is 11.6 Å². The highest BCUT2D eigenvalue weighted by atomic mass is 19.1. The number of rotatable bonds is 6. The molecule has 2 N–H and O–H groups in total. The number of aryl methyl sites for hydroxylation is 1. The summed E-state index contributed by atoms with van der Waals surface area (Å²) in [4.78, 5) is 11.7. The number of nitrogens with one attached hydrogen (secondary N) is 2. The van der Waals surface area contributed by atoms with E-state index in [2.05, 4.69) is 10.6 Å². The van der Waals surface area contributed by atoms with Crippen LogP contribution in [-0.4, -0.2) is 12.5 Å². The van der Waals surface area contributed by atoms with Crippen LogP contribution in [0.4, 0.5) is 14.5 Å². The SMILES string of the molecule is Cc1ccc(CNCCC(=O)Nc2ccc(F)cc2F)cc1. The van der Waals surface area contributed by atoms with Crippen molar-refractivity contribution in [3.63, 3.8) is 0 Å². The zero-order valence-corrected chi connectivity index (χ0v) is 12.3. The van der Waals surface area contributed by atoms with E-state index >= 15 is 0 Å². The zero-order valence-electron chi connectivity index (χ0n) is 12.3. The molecule has 0 heterocycles. The lowest BCUT2D eigenvalue weighted by molar-refractivity contribution is -0.116. The van der Waals surface area contributed by atoms with Crippen LogP contribution in [-0.2, 0) is 11.3 Å². The summed E-state index contributed by atoms with van der Waals surface area (Å²) < 4.78 is 26.1. The summed E-state index contributed by atoms with van der Waals surface area (Å²) in [5, 5.41) is 5.57. The molecule has 2 aromatic rings. The fourth-order valence-corrected chi connectivity index (χ4v) is 1.94. The Balaban J connectivity index is 1.72. The number of carbonyl (C=O) groups is 1. The van der Waals surface area contributed by atoms with E-state index in [4.69, 9.17) is 0 Å². The smallest absolute Gasteiger partial charge is 0.225 e. The van der Waals surface area contributed by atoms with Gasteiger partial charge in [0.2, 0.25) is 5.91 Å². The van der Waals surface area contributed by atoms with Gasteiger partial charge in [-0.3, -0.25) is 4.79 Å². The third kappa shape index (κ3) is 4.93. The fraction of sp³-hybridized carbons (Fsp3) is 0.235. The highest BCUT2D eigenvalue weighted by molar-refractivity contribution is 5.90. The molecule has 0 radical (unpaired) electrons. The Morgan fingerprint density at radius 2 is 1.82 bits per heavy atom. The average Bonchev–Trinajstić information content (AvgIpc) is 2.48. The minimum Gasteiger partial charge on any atom is -0.324 e. The van der Waals surface area contributed by atoms with E-state index in [1.165, 1.54) is 11.6 Å². The molecule has 3 nitrogen and oxygen atoms in total. The number of anilines is 1. The largest absolute Gasteiger partial charge is 0.324 e. The molecule has 0 saturated heterocycles. The summed E-state index contributed by atoms with van der Waals surface area (Å²) >= 11 is 0. The van der Waals surface area contributed by atoms with Crippen LogP contribution in [0.2, 0.25) is 0 Å².